The van der Waals surface area contributed by atoms with Crippen LogP contribution in [0, 0.1) is 5.92 Å². The number of carbonyl (C=O) groups excluding carboxylic acids is 1. The van der Waals surface area contributed by atoms with E-state index in [0.717, 1.165) is 30.9 Å². The average molecular weight is 291 g/mol. The van der Waals surface area contributed by atoms with Crippen LogP contribution in [0.4, 0.5) is 5.69 Å². The summed E-state index contributed by atoms with van der Waals surface area (Å²) >= 11 is 0. The first kappa shape index (κ1) is 15.6. The summed E-state index contributed by atoms with van der Waals surface area (Å²) in [5.74, 6) is 1.53. The molecule has 0 aliphatic heterocycles. The quantitative estimate of drug-likeness (QED) is 0.721. The number of hydrogen-bond donors (Lipinski definition) is 2. The first-order valence-electron chi connectivity index (χ1n) is 7.59. The number of benzene rings is 1. The summed E-state index contributed by atoms with van der Waals surface area (Å²) in [4.78, 5) is 14.1. The van der Waals surface area contributed by atoms with Gasteiger partial charge in [0.25, 0.3) is 0 Å². The highest BCUT2D eigenvalue weighted by atomic mass is 16.5. The Kier molecular flexibility index (Phi) is 5.87. The second-order valence-electron chi connectivity index (χ2n) is 5.48. The first-order chi connectivity index (χ1) is 10.2. The van der Waals surface area contributed by atoms with Gasteiger partial charge in [-0.05, 0) is 43.9 Å². The molecule has 21 heavy (non-hydrogen) atoms. The van der Waals surface area contributed by atoms with Crippen LogP contribution in [-0.2, 0) is 4.79 Å². The molecule has 1 saturated carbocycles. The Morgan fingerprint density at radius 3 is 2.86 bits per heavy atom. The Morgan fingerprint density at radius 2 is 2.19 bits per heavy atom. The van der Waals surface area contributed by atoms with Crippen LogP contribution in [0.3, 0.4) is 0 Å². The summed E-state index contributed by atoms with van der Waals surface area (Å²) in [6.45, 7) is 2.49. The molecule has 1 aromatic rings. The second kappa shape index (κ2) is 7.88. The fourth-order valence-electron chi connectivity index (χ4n) is 2.27. The Morgan fingerprint density at radius 1 is 1.43 bits per heavy atom. The van der Waals surface area contributed by atoms with Crippen LogP contribution in [0.2, 0.25) is 0 Å². The fourth-order valence-corrected chi connectivity index (χ4v) is 2.27. The van der Waals surface area contributed by atoms with Crippen molar-refractivity contribution in [1.29, 1.82) is 0 Å². The Labute approximate surface area is 126 Å². The van der Waals surface area contributed by atoms with Gasteiger partial charge in [-0.1, -0.05) is 12.1 Å². The number of anilines is 1. The molecule has 1 amide bonds. The van der Waals surface area contributed by atoms with E-state index in [4.69, 9.17) is 10.5 Å². The molecule has 0 bridgehead atoms. The minimum absolute atomic E-state index is 0.0600. The van der Waals surface area contributed by atoms with Gasteiger partial charge in [0, 0.05) is 13.1 Å². The molecule has 2 rings (SSSR count). The second-order valence-corrected chi connectivity index (χ2v) is 5.48. The van der Waals surface area contributed by atoms with Crippen molar-refractivity contribution in [2.45, 2.75) is 19.3 Å². The zero-order valence-electron chi connectivity index (χ0n) is 12.7. The number of rotatable bonds is 9. The van der Waals surface area contributed by atoms with Crippen molar-refractivity contribution in [2.75, 3.05) is 38.2 Å². The number of carbonyl (C=O) groups is 1. The van der Waals surface area contributed by atoms with Crippen LogP contribution < -0.4 is 20.7 Å². The molecule has 0 aromatic heterocycles. The van der Waals surface area contributed by atoms with Crippen molar-refractivity contribution in [3.05, 3.63) is 24.3 Å². The van der Waals surface area contributed by atoms with Gasteiger partial charge >= 0.3 is 0 Å². The molecule has 0 atom stereocenters. The van der Waals surface area contributed by atoms with Crippen LogP contribution in [0.1, 0.15) is 19.3 Å². The predicted molar refractivity (Wildman–Crippen MR) is 84.6 cm³/mol. The third kappa shape index (κ3) is 4.93. The maximum atomic E-state index is 12.1. The lowest BCUT2D eigenvalue weighted by molar-refractivity contribution is -0.119. The molecule has 116 valence electrons. The molecule has 0 unspecified atom stereocenters. The first-order valence-corrected chi connectivity index (χ1v) is 7.59. The number of methoxy groups -OCH3 is 1. The molecule has 1 aromatic carbocycles. The van der Waals surface area contributed by atoms with Crippen LogP contribution in [0.5, 0.6) is 5.75 Å². The van der Waals surface area contributed by atoms with E-state index in [1.54, 1.807) is 7.11 Å². The van der Waals surface area contributed by atoms with E-state index in [9.17, 15) is 4.79 Å². The summed E-state index contributed by atoms with van der Waals surface area (Å²) in [5.41, 5.74) is 6.54. The number of nitrogens with one attached hydrogen (secondary N) is 1. The third-order valence-corrected chi connectivity index (χ3v) is 3.68. The number of ether oxygens (including phenoxy) is 1. The summed E-state index contributed by atoms with van der Waals surface area (Å²) in [5, 5.41) is 3.01. The monoisotopic (exact) mass is 291 g/mol. The lowest BCUT2D eigenvalue weighted by Gasteiger charge is -2.25. The Balaban J connectivity index is 1.99. The van der Waals surface area contributed by atoms with Crippen molar-refractivity contribution in [3.63, 3.8) is 0 Å². The largest absolute Gasteiger partial charge is 0.495 e. The summed E-state index contributed by atoms with van der Waals surface area (Å²) in [6.07, 6.45) is 3.32. The molecule has 3 N–H and O–H groups in total. The molecule has 5 heteroatoms. The van der Waals surface area contributed by atoms with Gasteiger partial charge in [-0.15, -0.1) is 0 Å². The van der Waals surface area contributed by atoms with Crippen molar-refractivity contribution >= 4 is 11.6 Å². The highest BCUT2D eigenvalue weighted by Gasteiger charge is 2.22. The van der Waals surface area contributed by atoms with E-state index in [2.05, 4.69) is 5.32 Å². The average Bonchev–Trinajstić information content (AvgIpc) is 3.33. The van der Waals surface area contributed by atoms with Crippen LogP contribution >= 0.6 is 0 Å². The number of nitrogens with two attached hydrogens (primary N) is 1. The number of hydrogen-bond acceptors (Lipinski definition) is 4. The number of nitrogens with zero attached hydrogens (tertiary/aromatic N) is 1. The Hall–Kier alpha value is -1.75. The van der Waals surface area contributed by atoms with E-state index in [1.807, 2.05) is 29.2 Å². The lowest BCUT2D eigenvalue weighted by atomic mass is 10.2. The van der Waals surface area contributed by atoms with Crippen LogP contribution in [0.15, 0.2) is 24.3 Å². The minimum atomic E-state index is 0.0600. The van der Waals surface area contributed by atoms with Gasteiger partial charge in [0.2, 0.25) is 5.91 Å². The molecule has 1 aliphatic rings. The maximum absolute atomic E-state index is 12.1. The fraction of sp³-hybridized carbons (Fsp3) is 0.562. The zero-order chi connectivity index (χ0) is 15.1. The third-order valence-electron chi connectivity index (χ3n) is 3.68. The minimum Gasteiger partial charge on any atom is -0.495 e. The molecule has 0 radical (unpaired) electrons. The Bertz CT molecular complexity index is 461. The number of para-hydroxylation sites is 2. The van der Waals surface area contributed by atoms with E-state index in [0.29, 0.717) is 19.0 Å². The van der Waals surface area contributed by atoms with Crippen LogP contribution in [-0.4, -0.2) is 39.2 Å². The van der Waals surface area contributed by atoms with Crippen molar-refractivity contribution in [2.24, 2.45) is 11.7 Å². The molecule has 0 heterocycles. The highest BCUT2D eigenvalue weighted by Crippen LogP contribution is 2.28. The van der Waals surface area contributed by atoms with Gasteiger partial charge in [0.15, 0.2) is 0 Å². The summed E-state index contributed by atoms with van der Waals surface area (Å²) in [7, 11) is 1.65. The van der Waals surface area contributed by atoms with Gasteiger partial charge in [-0.2, -0.15) is 0 Å². The molecular weight excluding hydrogens is 266 g/mol. The van der Waals surface area contributed by atoms with Gasteiger partial charge in [-0.25, -0.2) is 0 Å². The molecule has 0 spiro atoms. The summed E-state index contributed by atoms with van der Waals surface area (Å²) in [6, 6.07) is 7.77. The van der Waals surface area contributed by atoms with E-state index < -0.39 is 0 Å². The molecule has 1 fully saturated rings. The normalized spacial score (nSPS) is 13.8. The highest BCUT2D eigenvalue weighted by molar-refractivity contribution is 5.82. The van der Waals surface area contributed by atoms with Gasteiger partial charge in [0.05, 0.1) is 19.3 Å². The molecule has 0 saturated heterocycles. The van der Waals surface area contributed by atoms with Gasteiger partial charge < -0.3 is 20.7 Å². The summed E-state index contributed by atoms with van der Waals surface area (Å²) < 4.78 is 5.39. The van der Waals surface area contributed by atoms with Gasteiger partial charge in [0.1, 0.15) is 5.75 Å². The maximum Gasteiger partial charge on any atom is 0.239 e. The van der Waals surface area contributed by atoms with E-state index in [-0.39, 0.29) is 5.91 Å². The van der Waals surface area contributed by atoms with Crippen LogP contribution in [0.25, 0.3) is 0 Å². The molecular formula is C16H25N3O2. The molecule has 5 nitrogen and oxygen atoms in total. The van der Waals surface area contributed by atoms with Crippen molar-refractivity contribution < 1.29 is 9.53 Å². The predicted octanol–water partition coefficient (Wildman–Crippen LogP) is 1.38. The topological polar surface area (TPSA) is 67.6 Å². The zero-order valence-corrected chi connectivity index (χ0v) is 12.7. The SMILES string of the molecule is COc1ccccc1N(CCCN)CC(=O)NCC1CC1. The smallest absolute Gasteiger partial charge is 0.239 e. The van der Waals surface area contributed by atoms with Gasteiger partial charge in [-0.3, -0.25) is 4.79 Å². The van der Waals surface area contributed by atoms with Crippen molar-refractivity contribution in [1.82, 2.24) is 5.32 Å². The van der Waals surface area contributed by atoms with E-state index >= 15 is 0 Å². The van der Waals surface area contributed by atoms with E-state index in [1.165, 1.54) is 12.8 Å². The lowest BCUT2D eigenvalue weighted by Crippen LogP contribution is -2.39. The van der Waals surface area contributed by atoms with Crippen molar-refractivity contribution in [3.8, 4) is 5.75 Å². The molecule has 1 aliphatic carbocycles. The standard InChI is InChI=1S/C16H25N3O2/c1-21-15-6-3-2-5-14(15)19(10-4-9-17)12-16(20)18-11-13-7-8-13/h2-3,5-6,13H,4,7-12,17H2,1H3,(H,18,20). The number of amides is 1.